The molecule has 1 aliphatic heterocycles. The fourth-order valence-corrected chi connectivity index (χ4v) is 3.64. The molecule has 0 bridgehead atoms. The first-order chi connectivity index (χ1) is 11.7. The number of fused-ring (bicyclic) bond motifs is 1. The SMILES string of the molecule is CCn1c(C(C)NC(=O)CCC2CCNCC2)nc2ccccc21. The molecule has 2 aromatic rings. The van der Waals surface area contributed by atoms with Crippen molar-refractivity contribution < 1.29 is 4.79 Å². The van der Waals surface area contributed by atoms with Gasteiger partial charge >= 0.3 is 0 Å². The van der Waals surface area contributed by atoms with Gasteiger partial charge in [-0.15, -0.1) is 0 Å². The minimum Gasteiger partial charge on any atom is -0.346 e. The van der Waals surface area contributed by atoms with Crippen molar-refractivity contribution in [3.8, 4) is 0 Å². The van der Waals surface area contributed by atoms with Crippen LogP contribution in [0.5, 0.6) is 0 Å². The van der Waals surface area contributed by atoms with E-state index >= 15 is 0 Å². The van der Waals surface area contributed by atoms with Crippen LogP contribution >= 0.6 is 0 Å². The molecule has 1 amide bonds. The molecule has 2 N–H and O–H groups in total. The van der Waals surface area contributed by atoms with Gasteiger partial charge in [0.25, 0.3) is 0 Å². The highest BCUT2D eigenvalue weighted by molar-refractivity contribution is 5.78. The summed E-state index contributed by atoms with van der Waals surface area (Å²) in [6, 6.07) is 8.07. The minimum absolute atomic E-state index is 0.0714. The van der Waals surface area contributed by atoms with Gasteiger partial charge in [-0.1, -0.05) is 12.1 Å². The van der Waals surface area contributed by atoms with Crippen molar-refractivity contribution >= 4 is 16.9 Å². The van der Waals surface area contributed by atoms with E-state index in [2.05, 4.69) is 28.2 Å². The van der Waals surface area contributed by atoms with Crippen molar-refractivity contribution in [3.05, 3.63) is 30.1 Å². The molecule has 0 aliphatic carbocycles. The van der Waals surface area contributed by atoms with Crippen molar-refractivity contribution in [1.29, 1.82) is 0 Å². The van der Waals surface area contributed by atoms with Gasteiger partial charge in [0.1, 0.15) is 5.82 Å². The lowest BCUT2D eigenvalue weighted by Gasteiger charge is -2.22. The van der Waals surface area contributed by atoms with Gasteiger partial charge in [-0.25, -0.2) is 4.98 Å². The largest absolute Gasteiger partial charge is 0.346 e. The molecule has 1 aromatic carbocycles. The van der Waals surface area contributed by atoms with Gasteiger partial charge in [0, 0.05) is 13.0 Å². The molecule has 0 radical (unpaired) electrons. The summed E-state index contributed by atoms with van der Waals surface area (Å²) in [4.78, 5) is 17.0. The number of aromatic nitrogens is 2. The maximum absolute atomic E-state index is 12.3. The Bertz CT molecular complexity index is 688. The zero-order chi connectivity index (χ0) is 16.9. The summed E-state index contributed by atoms with van der Waals surface area (Å²) >= 11 is 0. The Morgan fingerprint density at radius 1 is 1.38 bits per heavy atom. The second-order valence-corrected chi connectivity index (χ2v) is 6.72. The third kappa shape index (κ3) is 3.78. The maximum Gasteiger partial charge on any atom is 0.220 e. The number of carbonyl (C=O) groups excluding carboxylic acids is 1. The molecule has 1 saturated heterocycles. The predicted molar refractivity (Wildman–Crippen MR) is 96.8 cm³/mol. The number of imidazole rings is 1. The number of amides is 1. The van der Waals surface area contributed by atoms with Crippen molar-refractivity contribution in [2.75, 3.05) is 13.1 Å². The van der Waals surface area contributed by atoms with Crippen LogP contribution in [0.2, 0.25) is 0 Å². The molecule has 3 rings (SSSR count). The van der Waals surface area contributed by atoms with Crippen LogP contribution in [-0.2, 0) is 11.3 Å². The number of benzene rings is 1. The number of rotatable bonds is 6. The second kappa shape index (κ2) is 7.79. The van der Waals surface area contributed by atoms with Gasteiger partial charge in [0.15, 0.2) is 0 Å². The zero-order valence-corrected chi connectivity index (χ0v) is 14.7. The molecular formula is C19H28N4O. The lowest BCUT2D eigenvalue weighted by Crippen LogP contribution is -2.31. The van der Waals surface area contributed by atoms with E-state index in [-0.39, 0.29) is 11.9 Å². The molecule has 5 heteroatoms. The van der Waals surface area contributed by atoms with E-state index in [0.29, 0.717) is 12.3 Å². The number of carbonyl (C=O) groups is 1. The number of para-hydroxylation sites is 2. The van der Waals surface area contributed by atoms with Crippen LogP contribution in [0.3, 0.4) is 0 Å². The normalized spacial score (nSPS) is 17.1. The molecule has 5 nitrogen and oxygen atoms in total. The first-order valence-electron chi connectivity index (χ1n) is 9.14. The Morgan fingerprint density at radius 2 is 2.12 bits per heavy atom. The summed E-state index contributed by atoms with van der Waals surface area (Å²) in [6.07, 6.45) is 3.98. The monoisotopic (exact) mass is 328 g/mol. The number of nitrogens with one attached hydrogen (secondary N) is 2. The van der Waals surface area contributed by atoms with E-state index in [1.165, 1.54) is 12.8 Å². The highest BCUT2D eigenvalue weighted by atomic mass is 16.1. The summed E-state index contributed by atoms with van der Waals surface area (Å²) in [6.45, 7) is 7.16. The minimum atomic E-state index is -0.0714. The number of nitrogens with zero attached hydrogens (tertiary/aromatic N) is 2. The van der Waals surface area contributed by atoms with Crippen LogP contribution in [0, 0.1) is 5.92 Å². The first kappa shape index (κ1) is 17.0. The van der Waals surface area contributed by atoms with Crippen LogP contribution in [0.1, 0.15) is 51.4 Å². The molecule has 24 heavy (non-hydrogen) atoms. The summed E-state index contributed by atoms with van der Waals surface area (Å²) in [5.74, 6) is 1.76. The Kier molecular flexibility index (Phi) is 5.51. The van der Waals surface area contributed by atoms with E-state index < -0.39 is 0 Å². The summed E-state index contributed by atoms with van der Waals surface area (Å²) in [5, 5.41) is 6.50. The Labute approximate surface area is 143 Å². The van der Waals surface area contributed by atoms with E-state index in [1.807, 2.05) is 25.1 Å². The number of hydrogen-bond donors (Lipinski definition) is 2. The molecule has 0 saturated carbocycles. The molecule has 0 spiro atoms. The van der Waals surface area contributed by atoms with Crippen LogP contribution in [0.15, 0.2) is 24.3 Å². The van der Waals surface area contributed by atoms with Crippen LogP contribution in [0.4, 0.5) is 0 Å². The fraction of sp³-hybridized carbons (Fsp3) is 0.579. The lowest BCUT2D eigenvalue weighted by molar-refractivity contribution is -0.122. The van der Waals surface area contributed by atoms with E-state index in [0.717, 1.165) is 42.9 Å². The molecule has 1 aliphatic rings. The average molecular weight is 328 g/mol. The van der Waals surface area contributed by atoms with Crippen LogP contribution < -0.4 is 10.6 Å². The topological polar surface area (TPSA) is 59.0 Å². The van der Waals surface area contributed by atoms with Gasteiger partial charge in [0.2, 0.25) is 5.91 Å². The third-order valence-electron chi connectivity index (χ3n) is 5.00. The van der Waals surface area contributed by atoms with E-state index in [4.69, 9.17) is 4.98 Å². The standard InChI is InChI=1S/C19H28N4O/c1-3-23-17-7-5-4-6-16(17)22-19(23)14(2)21-18(24)9-8-15-10-12-20-13-11-15/h4-7,14-15,20H,3,8-13H2,1-2H3,(H,21,24). The van der Waals surface area contributed by atoms with Gasteiger partial charge in [-0.05, 0) is 64.3 Å². The molecular weight excluding hydrogens is 300 g/mol. The van der Waals surface area contributed by atoms with Crippen LogP contribution in [-0.4, -0.2) is 28.5 Å². The first-order valence-corrected chi connectivity index (χ1v) is 9.14. The lowest BCUT2D eigenvalue weighted by atomic mass is 9.93. The zero-order valence-electron chi connectivity index (χ0n) is 14.7. The Hall–Kier alpha value is -1.88. The summed E-state index contributed by atoms with van der Waals surface area (Å²) < 4.78 is 2.19. The molecule has 1 atom stereocenters. The highest BCUT2D eigenvalue weighted by Crippen LogP contribution is 2.21. The smallest absolute Gasteiger partial charge is 0.220 e. The maximum atomic E-state index is 12.3. The van der Waals surface area contributed by atoms with Crippen molar-refractivity contribution in [3.63, 3.8) is 0 Å². The quantitative estimate of drug-likeness (QED) is 0.857. The van der Waals surface area contributed by atoms with Gasteiger partial charge in [-0.2, -0.15) is 0 Å². The molecule has 1 fully saturated rings. The summed E-state index contributed by atoms with van der Waals surface area (Å²) in [7, 11) is 0. The number of piperidine rings is 1. The Morgan fingerprint density at radius 3 is 2.88 bits per heavy atom. The van der Waals surface area contributed by atoms with Crippen LogP contribution in [0.25, 0.3) is 11.0 Å². The van der Waals surface area contributed by atoms with Crippen molar-refractivity contribution in [2.24, 2.45) is 5.92 Å². The van der Waals surface area contributed by atoms with E-state index in [1.54, 1.807) is 0 Å². The number of aryl methyl sites for hydroxylation is 1. The summed E-state index contributed by atoms with van der Waals surface area (Å²) in [5.41, 5.74) is 2.12. The molecule has 1 aromatic heterocycles. The van der Waals surface area contributed by atoms with Gasteiger partial charge in [-0.3, -0.25) is 4.79 Å². The van der Waals surface area contributed by atoms with E-state index in [9.17, 15) is 4.79 Å². The average Bonchev–Trinajstić information content (AvgIpc) is 2.99. The fourth-order valence-electron chi connectivity index (χ4n) is 3.64. The predicted octanol–water partition coefficient (Wildman–Crippen LogP) is 3.01. The molecule has 130 valence electrons. The molecule has 1 unspecified atom stereocenters. The Balaban J connectivity index is 1.61. The van der Waals surface area contributed by atoms with Gasteiger partial charge < -0.3 is 15.2 Å². The highest BCUT2D eigenvalue weighted by Gasteiger charge is 2.19. The number of hydrogen-bond acceptors (Lipinski definition) is 3. The van der Waals surface area contributed by atoms with Gasteiger partial charge in [0.05, 0.1) is 17.1 Å². The van der Waals surface area contributed by atoms with Crippen molar-refractivity contribution in [1.82, 2.24) is 20.2 Å². The molecule has 2 heterocycles. The van der Waals surface area contributed by atoms with Crippen molar-refractivity contribution in [2.45, 2.75) is 52.1 Å². The second-order valence-electron chi connectivity index (χ2n) is 6.72. The third-order valence-corrected chi connectivity index (χ3v) is 5.00.